The molecule has 2 aliphatic carbocycles. The van der Waals surface area contributed by atoms with E-state index in [1.807, 2.05) is 11.9 Å². The van der Waals surface area contributed by atoms with Gasteiger partial charge in [-0.3, -0.25) is 0 Å². The van der Waals surface area contributed by atoms with E-state index in [-0.39, 0.29) is 0 Å². The summed E-state index contributed by atoms with van der Waals surface area (Å²) in [5, 5.41) is 0. The largest absolute Gasteiger partial charge is 0.377 e. The Morgan fingerprint density at radius 2 is 1.21 bits per heavy atom. The molecular weight excluding hydrogens is 344 g/mol. The molecule has 0 saturated carbocycles. The number of nitrogens with zero attached hydrogens (tertiary/aromatic N) is 4. The van der Waals surface area contributed by atoms with Crippen LogP contribution in [0.15, 0.2) is 84.0 Å². The van der Waals surface area contributed by atoms with Crippen molar-refractivity contribution in [3.63, 3.8) is 0 Å². The van der Waals surface area contributed by atoms with Gasteiger partial charge in [0.25, 0.3) is 0 Å². The first kappa shape index (κ1) is 20.1. The first-order valence-corrected chi connectivity index (χ1v) is 10.3. The van der Waals surface area contributed by atoms with Gasteiger partial charge in [0.2, 0.25) is 0 Å². The van der Waals surface area contributed by atoms with Crippen molar-refractivity contribution in [2.45, 2.75) is 39.5 Å². The van der Waals surface area contributed by atoms with Crippen LogP contribution >= 0.6 is 0 Å². The summed E-state index contributed by atoms with van der Waals surface area (Å²) in [6.45, 7) is 6.62. The Labute approximate surface area is 170 Å². The van der Waals surface area contributed by atoms with Gasteiger partial charge in [0.15, 0.2) is 0 Å². The fraction of sp³-hybridized carbons (Fsp3) is 0.417. The lowest BCUT2D eigenvalue weighted by atomic mass is 10.0. The van der Waals surface area contributed by atoms with Crippen LogP contribution in [0.3, 0.4) is 0 Å². The number of hydrogen-bond acceptors (Lipinski definition) is 4. The molecule has 150 valence electrons. The van der Waals surface area contributed by atoms with Gasteiger partial charge in [0.05, 0.1) is 0 Å². The van der Waals surface area contributed by atoms with Gasteiger partial charge in [-0.1, -0.05) is 23.3 Å². The summed E-state index contributed by atoms with van der Waals surface area (Å²) in [6, 6.07) is 0. The van der Waals surface area contributed by atoms with Crippen molar-refractivity contribution in [1.82, 2.24) is 19.6 Å². The highest BCUT2D eigenvalue weighted by molar-refractivity contribution is 5.25. The highest BCUT2D eigenvalue weighted by Crippen LogP contribution is 2.23. The minimum atomic E-state index is 1.12. The molecule has 4 aliphatic rings. The maximum absolute atomic E-state index is 2.36. The molecule has 0 bridgehead atoms. The summed E-state index contributed by atoms with van der Waals surface area (Å²) in [6.07, 6.45) is 26.3. The van der Waals surface area contributed by atoms with E-state index in [1.54, 1.807) is 0 Å². The maximum Gasteiger partial charge on any atom is 0.0398 e. The monoisotopic (exact) mass is 378 g/mol. The molecule has 0 saturated heterocycles. The molecule has 0 N–H and O–H groups in total. The summed E-state index contributed by atoms with van der Waals surface area (Å²) in [4.78, 5) is 8.81. The summed E-state index contributed by atoms with van der Waals surface area (Å²) >= 11 is 0. The van der Waals surface area contributed by atoms with Crippen LogP contribution in [0.25, 0.3) is 0 Å². The van der Waals surface area contributed by atoms with Gasteiger partial charge in [-0.15, -0.1) is 0 Å². The third-order valence-corrected chi connectivity index (χ3v) is 5.49. The Balaban J connectivity index is 0.000000161. The quantitative estimate of drug-likeness (QED) is 0.660. The van der Waals surface area contributed by atoms with Gasteiger partial charge in [-0.2, -0.15) is 0 Å². The van der Waals surface area contributed by atoms with Crippen molar-refractivity contribution in [2.75, 3.05) is 27.2 Å². The third-order valence-electron chi connectivity index (χ3n) is 5.49. The molecule has 4 heteroatoms. The van der Waals surface area contributed by atoms with Gasteiger partial charge in [0, 0.05) is 75.8 Å². The van der Waals surface area contributed by atoms with Crippen molar-refractivity contribution in [1.29, 1.82) is 0 Å². The zero-order chi connectivity index (χ0) is 19.9. The van der Waals surface area contributed by atoms with E-state index in [9.17, 15) is 0 Å². The molecule has 0 fully saturated rings. The molecule has 0 aromatic carbocycles. The van der Waals surface area contributed by atoms with Crippen LogP contribution in [-0.2, 0) is 0 Å². The number of allylic oxidation sites excluding steroid dienone is 8. The molecule has 0 radical (unpaired) electrons. The Morgan fingerprint density at radius 3 is 1.71 bits per heavy atom. The van der Waals surface area contributed by atoms with Gasteiger partial charge >= 0.3 is 0 Å². The molecule has 0 spiro atoms. The van der Waals surface area contributed by atoms with Crippen molar-refractivity contribution < 1.29 is 0 Å². The predicted octanol–water partition coefficient (Wildman–Crippen LogP) is 5.13. The molecule has 2 aliphatic heterocycles. The Morgan fingerprint density at radius 1 is 0.607 bits per heavy atom. The van der Waals surface area contributed by atoms with E-state index < -0.39 is 0 Å². The molecule has 0 aromatic heterocycles. The summed E-state index contributed by atoms with van der Waals surface area (Å²) in [5.41, 5.74) is 5.79. The van der Waals surface area contributed by atoms with Gasteiger partial charge in [0.1, 0.15) is 0 Å². The smallest absolute Gasteiger partial charge is 0.0398 e. The van der Waals surface area contributed by atoms with Crippen LogP contribution in [0.5, 0.6) is 0 Å². The highest BCUT2D eigenvalue weighted by atomic mass is 15.2. The zero-order valence-corrected chi connectivity index (χ0v) is 17.8. The van der Waals surface area contributed by atoms with E-state index in [0.717, 1.165) is 19.5 Å². The van der Waals surface area contributed by atoms with Crippen molar-refractivity contribution >= 4 is 0 Å². The lowest BCUT2D eigenvalue weighted by Crippen LogP contribution is -2.32. The number of hydrogen-bond donors (Lipinski definition) is 0. The molecule has 28 heavy (non-hydrogen) atoms. The summed E-state index contributed by atoms with van der Waals surface area (Å²) in [7, 11) is 4.15. The first-order chi connectivity index (χ1) is 13.5. The minimum Gasteiger partial charge on any atom is -0.377 e. The Kier molecular flexibility index (Phi) is 6.85. The Hall–Kier alpha value is -2.62. The van der Waals surface area contributed by atoms with Crippen molar-refractivity contribution in [2.24, 2.45) is 0 Å². The predicted molar refractivity (Wildman–Crippen MR) is 119 cm³/mol. The fourth-order valence-corrected chi connectivity index (χ4v) is 3.41. The minimum absolute atomic E-state index is 1.12. The second kappa shape index (κ2) is 9.54. The molecule has 4 nitrogen and oxygen atoms in total. The maximum atomic E-state index is 2.36. The molecule has 0 unspecified atom stereocenters. The average molecular weight is 379 g/mol. The second-order valence-electron chi connectivity index (χ2n) is 7.98. The first-order valence-electron chi connectivity index (χ1n) is 10.3. The molecule has 2 heterocycles. The van der Waals surface area contributed by atoms with E-state index in [4.69, 9.17) is 0 Å². The SMILES string of the molecule is CC1=CC=C(N2C=CN(C)C=C2)CC1.CC1=CC=C(N2C=CN(C)CC2)CC1. The molecule has 0 aromatic rings. The molecular formula is C24H34N4. The zero-order valence-electron chi connectivity index (χ0n) is 17.8. The van der Waals surface area contributed by atoms with Crippen LogP contribution in [0, 0.1) is 0 Å². The Bertz CT molecular complexity index is 747. The normalized spacial score (nSPS) is 21.6. The molecule has 0 amide bonds. The highest BCUT2D eigenvalue weighted by Gasteiger charge is 2.13. The van der Waals surface area contributed by atoms with Crippen LogP contribution in [0.4, 0.5) is 0 Å². The van der Waals surface area contributed by atoms with Gasteiger partial charge in [-0.05, 0) is 51.7 Å². The van der Waals surface area contributed by atoms with Crippen LogP contribution in [0.1, 0.15) is 39.5 Å². The van der Waals surface area contributed by atoms with Gasteiger partial charge in [-0.25, -0.2) is 0 Å². The van der Waals surface area contributed by atoms with Crippen LogP contribution < -0.4 is 0 Å². The number of rotatable bonds is 2. The fourth-order valence-electron chi connectivity index (χ4n) is 3.41. The summed E-state index contributed by atoms with van der Waals surface area (Å²) in [5.74, 6) is 0. The van der Waals surface area contributed by atoms with Crippen molar-refractivity contribution in [3.05, 3.63) is 84.0 Å². The van der Waals surface area contributed by atoms with Gasteiger partial charge < -0.3 is 19.6 Å². The average Bonchev–Trinajstić information content (AvgIpc) is 2.71. The van der Waals surface area contributed by atoms with Crippen molar-refractivity contribution in [3.8, 4) is 0 Å². The van der Waals surface area contributed by atoms with Crippen LogP contribution in [0.2, 0.25) is 0 Å². The second-order valence-corrected chi connectivity index (χ2v) is 7.98. The standard InChI is InChI=1S/C12H18N2.C12H16N2/c2*1-11-3-5-12(6-4-11)14-9-7-13(2)8-10-14/h3,5,7,9H,4,6,8,10H2,1-2H3;3,5,7-10H,4,6H2,1-2H3. The third kappa shape index (κ3) is 5.69. The van der Waals surface area contributed by atoms with E-state index in [0.29, 0.717) is 0 Å². The lowest BCUT2D eigenvalue weighted by molar-refractivity contribution is 0.323. The van der Waals surface area contributed by atoms with E-state index in [1.165, 1.54) is 41.8 Å². The topological polar surface area (TPSA) is 13.0 Å². The van der Waals surface area contributed by atoms with E-state index >= 15 is 0 Å². The van der Waals surface area contributed by atoms with Crippen LogP contribution in [-0.4, -0.2) is 46.8 Å². The number of likely N-dealkylation sites (N-methyl/N-ethyl adjacent to an activating group) is 1. The lowest BCUT2D eigenvalue weighted by Gasteiger charge is -2.31. The molecule has 0 atom stereocenters. The van der Waals surface area contributed by atoms with E-state index in [2.05, 4.69) is 97.1 Å². The molecule has 4 rings (SSSR count). The summed E-state index contributed by atoms with van der Waals surface area (Å²) < 4.78 is 0.